The van der Waals surface area contributed by atoms with Crippen molar-refractivity contribution in [1.29, 1.82) is 0 Å². The summed E-state index contributed by atoms with van der Waals surface area (Å²) >= 11 is 0. The van der Waals surface area contributed by atoms with E-state index in [1.54, 1.807) is 7.11 Å². The summed E-state index contributed by atoms with van der Waals surface area (Å²) in [6.07, 6.45) is 3.46. The predicted molar refractivity (Wildman–Crippen MR) is 105 cm³/mol. The number of aliphatic imine (C=N–C) groups is 1. The zero-order valence-corrected chi connectivity index (χ0v) is 16.6. The van der Waals surface area contributed by atoms with E-state index in [1.807, 2.05) is 18.2 Å². The molecular weight excluding hydrogens is 405 g/mol. The average Bonchev–Trinajstić information content (AvgIpc) is 3.35. The number of halogens is 1. The van der Waals surface area contributed by atoms with Crippen molar-refractivity contribution in [3.8, 4) is 11.5 Å². The van der Waals surface area contributed by atoms with Gasteiger partial charge in [0.2, 0.25) is 0 Å². The van der Waals surface area contributed by atoms with Crippen LogP contribution in [0.25, 0.3) is 0 Å². The molecule has 1 aromatic carbocycles. The maximum Gasteiger partial charge on any atom is 0.191 e. The largest absolute Gasteiger partial charge is 0.493 e. The van der Waals surface area contributed by atoms with Crippen molar-refractivity contribution >= 4 is 29.9 Å². The lowest BCUT2D eigenvalue weighted by Crippen LogP contribution is -2.38. The lowest BCUT2D eigenvalue weighted by molar-refractivity contribution is 0.294. The van der Waals surface area contributed by atoms with Gasteiger partial charge in [-0.25, -0.2) is 4.99 Å². The number of nitrogens with zero attached hydrogens (tertiary/aromatic N) is 1. The molecular formula is C17H28IN3O2. The van der Waals surface area contributed by atoms with Gasteiger partial charge in [-0.05, 0) is 43.9 Å². The fourth-order valence-electron chi connectivity index (χ4n) is 2.05. The van der Waals surface area contributed by atoms with Gasteiger partial charge >= 0.3 is 0 Å². The zero-order chi connectivity index (χ0) is 15.8. The minimum absolute atomic E-state index is 0. The van der Waals surface area contributed by atoms with Gasteiger partial charge in [-0.3, -0.25) is 0 Å². The summed E-state index contributed by atoms with van der Waals surface area (Å²) in [6, 6.07) is 6.59. The van der Waals surface area contributed by atoms with E-state index in [9.17, 15) is 0 Å². The van der Waals surface area contributed by atoms with Crippen LogP contribution in [0, 0.1) is 0 Å². The van der Waals surface area contributed by atoms with Crippen LogP contribution >= 0.6 is 24.0 Å². The molecule has 6 heteroatoms. The Morgan fingerprint density at radius 2 is 2.04 bits per heavy atom. The second kappa shape index (κ2) is 10.6. The topological polar surface area (TPSA) is 54.9 Å². The van der Waals surface area contributed by atoms with Gasteiger partial charge < -0.3 is 20.1 Å². The zero-order valence-electron chi connectivity index (χ0n) is 14.2. The van der Waals surface area contributed by atoms with Gasteiger partial charge in [0.25, 0.3) is 0 Å². The predicted octanol–water partition coefficient (Wildman–Crippen LogP) is 3.32. The van der Waals surface area contributed by atoms with Gasteiger partial charge in [0.15, 0.2) is 17.5 Å². The molecule has 1 aromatic rings. The number of ether oxygens (including phenoxy) is 2. The highest BCUT2D eigenvalue weighted by molar-refractivity contribution is 14.0. The number of rotatable bonds is 8. The summed E-state index contributed by atoms with van der Waals surface area (Å²) in [6.45, 7) is 6.35. The average molecular weight is 433 g/mol. The molecule has 2 rings (SSSR count). The molecule has 0 aromatic heterocycles. The van der Waals surface area contributed by atoms with Crippen molar-refractivity contribution in [1.82, 2.24) is 10.6 Å². The van der Waals surface area contributed by atoms with Crippen molar-refractivity contribution in [2.75, 3.05) is 20.3 Å². The quantitative estimate of drug-likeness (QED) is 0.375. The van der Waals surface area contributed by atoms with Crippen LogP contribution in [0.5, 0.6) is 11.5 Å². The number of methoxy groups -OCH3 is 1. The molecule has 0 heterocycles. The smallest absolute Gasteiger partial charge is 0.191 e. The Labute approximate surface area is 156 Å². The van der Waals surface area contributed by atoms with Crippen molar-refractivity contribution in [2.24, 2.45) is 4.99 Å². The van der Waals surface area contributed by atoms with E-state index in [0.717, 1.165) is 36.0 Å². The van der Waals surface area contributed by atoms with Crippen molar-refractivity contribution in [3.63, 3.8) is 0 Å². The number of nitrogens with one attached hydrogen (secondary N) is 2. The van der Waals surface area contributed by atoms with Crippen LogP contribution in [0.2, 0.25) is 0 Å². The molecule has 1 aliphatic rings. The SMILES string of the molecule is CCCOc1ccc(CN=C(NCC)NC2CC2)cc1OC.I. The lowest BCUT2D eigenvalue weighted by atomic mass is 10.2. The van der Waals surface area contributed by atoms with E-state index in [2.05, 4.69) is 29.5 Å². The number of guanidine groups is 1. The molecule has 1 fully saturated rings. The molecule has 130 valence electrons. The Balaban J connectivity index is 0.00000264. The minimum Gasteiger partial charge on any atom is -0.493 e. The Morgan fingerprint density at radius 1 is 1.26 bits per heavy atom. The van der Waals surface area contributed by atoms with E-state index in [0.29, 0.717) is 19.2 Å². The normalized spacial score (nSPS) is 14.0. The third-order valence-corrected chi connectivity index (χ3v) is 3.37. The summed E-state index contributed by atoms with van der Waals surface area (Å²) in [5.74, 6) is 2.44. The van der Waals surface area contributed by atoms with Crippen LogP contribution in [-0.4, -0.2) is 32.3 Å². The van der Waals surface area contributed by atoms with Gasteiger partial charge in [0.05, 0.1) is 20.3 Å². The van der Waals surface area contributed by atoms with Crippen molar-refractivity contribution in [2.45, 2.75) is 45.7 Å². The first kappa shape index (κ1) is 19.9. The second-order valence-corrected chi connectivity index (χ2v) is 5.45. The highest BCUT2D eigenvalue weighted by Crippen LogP contribution is 2.28. The maximum atomic E-state index is 5.67. The van der Waals surface area contributed by atoms with Crippen LogP contribution in [0.1, 0.15) is 38.7 Å². The molecule has 23 heavy (non-hydrogen) atoms. The molecule has 0 atom stereocenters. The second-order valence-electron chi connectivity index (χ2n) is 5.45. The summed E-state index contributed by atoms with van der Waals surface area (Å²) < 4.78 is 11.1. The first-order valence-electron chi connectivity index (χ1n) is 8.11. The van der Waals surface area contributed by atoms with Crippen LogP contribution < -0.4 is 20.1 Å². The molecule has 0 aliphatic heterocycles. The van der Waals surface area contributed by atoms with Gasteiger partial charge in [-0.15, -0.1) is 24.0 Å². The molecule has 5 nitrogen and oxygen atoms in total. The highest BCUT2D eigenvalue weighted by atomic mass is 127. The van der Waals surface area contributed by atoms with Crippen molar-refractivity contribution in [3.05, 3.63) is 23.8 Å². The number of hydrogen-bond acceptors (Lipinski definition) is 3. The first-order chi connectivity index (χ1) is 10.8. The number of hydrogen-bond donors (Lipinski definition) is 2. The molecule has 0 spiro atoms. The van der Waals surface area contributed by atoms with Gasteiger partial charge in [-0.1, -0.05) is 13.0 Å². The molecule has 2 N–H and O–H groups in total. The van der Waals surface area contributed by atoms with E-state index in [-0.39, 0.29) is 24.0 Å². The first-order valence-corrected chi connectivity index (χ1v) is 8.11. The standard InChI is InChI=1S/C17H27N3O2.HI/c1-4-10-22-15-9-6-13(11-16(15)21-3)12-19-17(18-5-2)20-14-7-8-14;/h6,9,11,14H,4-5,7-8,10,12H2,1-3H3,(H2,18,19,20);1H. The Hall–Kier alpha value is -1.18. The molecule has 0 unspecified atom stereocenters. The number of benzene rings is 1. The minimum atomic E-state index is 0. The molecule has 1 aliphatic carbocycles. The van der Waals surface area contributed by atoms with Crippen LogP contribution in [0.15, 0.2) is 23.2 Å². The van der Waals surface area contributed by atoms with E-state index >= 15 is 0 Å². The van der Waals surface area contributed by atoms with Crippen molar-refractivity contribution < 1.29 is 9.47 Å². The van der Waals surface area contributed by atoms with E-state index in [4.69, 9.17) is 9.47 Å². The van der Waals surface area contributed by atoms with Crippen LogP contribution in [-0.2, 0) is 6.54 Å². The van der Waals surface area contributed by atoms with Crippen LogP contribution in [0.4, 0.5) is 0 Å². The van der Waals surface area contributed by atoms with E-state index < -0.39 is 0 Å². The summed E-state index contributed by atoms with van der Waals surface area (Å²) in [4.78, 5) is 4.63. The fraction of sp³-hybridized carbons (Fsp3) is 0.588. The Kier molecular flexibility index (Phi) is 9.13. The fourth-order valence-corrected chi connectivity index (χ4v) is 2.05. The third-order valence-electron chi connectivity index (χ3n) is 3.37. The maximum absolute atomic E-state index is 5.67. The monoisotopic (exact) mass is 433 g/mol. The summed E-state index contributed by atoms with van der Waals surface area (Å²) in [7, 11) is 1.67. The molecule has 0 bridgehead atoms. The Bertz CT molecular complexity index is 505. The third kappa shape index (κ3) is 6.85. The highest BCUT2D eigenvalue weighted by Gasteiger charge is 2.22. The van der Waals surface area contributed by atoms with Gasteiger partial charge in [0, 0.05) is 12.6 Å². The van der Waals surface area contributed by atoms with Gasteiger partial charge in [-0.2, -0.15) is 0 Å². The summed E-state index contributed by atoms with van der Waals surface area (Å²) in [5.41, 5.74) is 1.11. The Morgan fingerprint density at radius 3 is 2.65 bits per heavy atom. The molecule has 0 amide bonds. The summed E-state index contributed by atoms with van der Waals surface area (Å²) in [5, 5.41) is 6.69. The molecule has 0 radical (unpaired) electrons. The molecule has 0 saturated heterocycles. The van der Waals surface area contributed by atoms with E-state index in [1.165, 1.54) is 12.8 Å². The van der Waals surface area contributed by atoms with Crippen LogP contribution in [0.3, 0.4) is 0 Å². The lowest BCUT2D eigenvalue weighted by Gasteiger charge is -2.12. The van der Waals surface area contributed by atoms with Gasteiger partial charge in [0.1, 0.15) is 0 Å². The molecule has 1 saturated carbocycles.